The molecule has 8 heteroatoms. The van der Waals surface area contributed by atoms with E-state index in [-0.39, 0.29) is 6.04 Å². The molecular weight excluding hydrogens is 317 g/mol. The van der Waals surface area contributed by atoms with Crippen molar-refractivity contribution >= 4 is 0 Å². The molecule has 0 bridgehead atoms. The number of epoxide rings is 1. The van der Waals surface area contributed by atoms with Gasteiger partial charge in [-0.1, -0.05) is 30.3 Å². The third-order valence-corrected chi connectivity index (χ3v) is 3.05. The maximum atomic E-state index is 12.0. The van der Waals surface area contributed by atoms with E-state index >= 15 is 0 Å². The van der Waals surface area contributed by atoms with Crippen LogP contribution in [-0.4, -0.2) is 41.4 Å². The zero-order chi connectivity index (χ0) is 17.9. The molecule has 2 aromatic rings. The van der Waals surface area contributed by atoms with Crippen molar-refractivity contribution in [2.75, 3.05) is 20.3 Å². The second kappa shape index (κ2) is 10.5. The summed E-state index contributed by atoms with van der Waals surface area (Å²) >= 11 is 0. The maximum Gasteiger partial charge on any atom is 0.325 e. The van der Waals surface area contributed by atoms with E-state index in [1.165, 1.54) is 0 Å². The molecule has 2 atom stereocenters. The van der Waals surface area contributed by atoms with Gasteiger partial charge < -0.3 is 20.1 Å². The molecule has 0 amide bonds. The van der Waals surface area contributed by atoms with E-state index in [0.717, 1.165) is 18.8 Å². The number of benzene rings is 1. The molecule has 1 aliphatic heterocycles. The van der Waals surface area contributed by atoms with Crippen LogP contribution in [0.2, 0.25) is 0 Å². The van der Waals surface area contributed by atoms with Gasteiger partial charge in [-0.25, -0.2) is 4.79 Å². The Morgan fingerprint density at radius 1 is 1.25 bits per heavy atom. The average Bonchev–Trinajstić information content (AvgIpc) is 3.47. The average molecular weight is 339 g/mol. The van der Waals surface area contributed by atoms with Crippen molar-refractivity contribution in [2.45, 2.75) is 19.1 Å². The zero-order valence-corrected chi connectivity index (χ0v) is 13.6. The minimum atomic E-state index is -1.00. The highest BCUT2D eigenvalue weighted by Gasteiger charge is 2.12. The molecule has 0 unspecified atom stereocenters. The van der Waals surface area contributed by atoms with Crippen LogP contribution in [0.1, 0.15) is 18.6 Å². The first-order valence-corrected chi connectivity index (χ1v) is 7.41. The number of hydrogen-bond donors (Lipinski definition) is 4. The quantitative estimate of drug-likeness (QED) is 0.610. The molecular formula is C16H22FN3O4. The fourth-order valence-corrected chi connectivity index (χ4v) is 1.49. The topological polar surface area (TPSA) is 111 Å². The molecule has 1 aromatic carbocycles. The number of ether oxygens (including phenoxy) is 1. The summed E-state index contributed by atoms with van der Waals surface area (Å²) in [6.07, 6.45) is 0.289. The molecule has 2 heterocycles. The highest BCUT2D eigenvalue weighted by molar-refractivity contribution is 5.18. The van der Waals surface area contributed by atoms with Crippen molar-refractivity contribution < 1.29 is 14.2 Å². The van der Waals surface area contributed by atoms with E-state index in [9.17, 15) is 19.1 Å². The summed E-state index contributed by atoms with van der Waals surface area (Å²) in [4.78, 5) is 24.0. The lowest BCUT2D eigenvalue weighted by Gasteiger charge is -2.17. The molecule has 0 saturated carbocycles. The number of likely N-dealkylation sites (N-methyl/N-ethyl adjacent to an activating group) is 1. The van der Waals surface area contributed by atoms with Crippen LogP contribution in [-0.2, 0) is 4.74 Å². The van der Waals surface area contributed by atoms with Gasteiger partial charge in [0, 0.05) is 12.2 Å². The van der Waals surface area contributed by atoms with Gasteiger partial charge in [0.05, 0.1) is 19.3 Å². The number of rotatable bonds is 3. The van der Waals surface area contributed by atoms with Gasteiger partial charge in [-0.15, -0.1) is 0 Å². The fourth-order valence-electron chi connectivity index (χ4n) is 1.49. The van der Waals surface area contributed by atoms with Gasteiger partial charge in [-0.2, -0.15) is 4.39 Å². The Labute approximate surface area is 138 Å². The van der Waals surface area contributed by atoms with Gasteiger partial charge in [-0.3, -0.25) is 9.78 Å². The number of aromatic nitrogens is 2. The van der Waals surface area contributed by atoms with Crippen molar-refractivity contribution in [3.05, 3.63) is 68.7 Å². The summed E-state index contributed by atoms with van der Waals surface area (Å²) < 4.78 is 16.5. The van der Waals surface area contributed by atoms with Crippen molar-refractivity contribution in [3.63, 3.8) is 0 Å². The Hall–Kier alpha value is -2.29. The third-order valence-electron chi connectivity index (χ3n) is 3.05. The van der Waals surface area contributed by atoms with Crippen LogP contribution in [0.5, 0.6) is 0 Å². The van der Waals surface area contributed by atoms with Gasteiger partial charge in [0.15, 0.2) is 0 Å². The van der Waals surface area contributed by atoms with E-state index in [2.05, 4.69) is 10.1 Å². The Kier molecular flexibility index (Phi) is 8.63. The van der Waals surface area contributed by atoms with E-state index in [1.54, 1.807) is 4.98 Å². The first-order chi connectivity index (χ1) is 11.5. The lowest BCUT2D eigenvalue weighted by molar-refractivity contribution is 0.140. The van der Waals surface area contributed by atoms with Crippen LogP contribution >= 0.6 is 0 Å². The first kappa shape index (κ1) is 19.8. The molecule has 24 heavy (non-hydrogen) atoms. The van der Waals surface area contributed by atoms with Crippen molar-refractivity contribution in [2.24, 2.45) is 0 Å². The largest absolute Gasteiger partial charge is 0.387 e. The number of aromatic amines is 2. The minimum absolute atomic E-state index is 0.0902. The van der Waals surface area contributed by atoms with E-state index in [4.69, 9.17) is 0 Å². The van der Waals surface area contributed by atoms with E-state index < -0.39 is 23.2 Å². The lowest BCUT2D eigenvalue weighted by Crippen LogP contribution is -2.28. The second-order valence-corrected chi connectivity index (χ2v) is 4.97. The van der Waals surface area contributed by atoms with Gasteiger partial charge in [0.2, 0.25) is 5.82 Å². The van der Waals surface area contributed by atoms with Crippen LogP contribution in [0.3, 0.4) is 0 Å². The highest BCUT2D eigenvalue weighted by Crippen LogP contribution is 2.15. The molecule has 1 aliphatic rings. The number of halogens is 1. The Morgan fingerprint density at radius 3 is 2.25 bits per heavy atom. The first-order valence-electron chi connectivity index (χ1n) is 7.41. The van der Waals surface area contributed by atoms with E-state index in [0.29, 0.717) is 6.20 Å². The summed E-state index contributed by atoms with van der Waals surface area (Å²) in [6.45, 7) is 3.96. The number of hydrogen-bond acceptors (Lipinski definition) is 5. The number of nitrogens with one attached hydrogen (secondary N) is 3. The van der Waals surface area contributed by atoms with Crippen LogP contribution in [0.15, 0.2) is 46.1 Å². The SMILES string of the molecule is C1CO1.CN[C@@H](C)[C@H](O)c1ccccc1.O=c1[nH]cc(F)c(=O)[nH]1. The number of aliphatic hydroxyl groups is 1. The maximum absolute atomic E-state index is 12.0. The second-order valence-electron chi connectivity index (χ2n) is 4.97. The minimum Gasteiger partial charge on any atom is -0.387 e. The fraction of sp³-hybridized carbons (Fsp3) is 0.375. The molecule has 0 spiro atoms. The van der Waals surface area contributed by atoms with Gasteiger partial charge in [0.1, 0.15) is 0 Å². The summed E-state index contributed by atoms with van der Waals surface area (Å²) in [5, 5.41) is 12.7. The van der Waals surface area contributed by atoms with Gasteiger partial charge >= 0.3 is 5.69 Å². The van der Waals surface area contributed by atoms with Gasteiger partial charge in [-0.05, 0) is 19.5 Å². The van der Waals surface area contributed by atoms with Gasteiger partial charge in [0.25, 0.3) is 5.56 Å². The molecule has 7 nitrogen and oxygen atoms in total. The van der Waals surface area contributed by atoms with E-state index in [1.807, 2.05) is 49.3 Å². The summed E-state index contributed by atoms with van der Waals surface area (Å²) in [6, 6.07) is 9.76. The van der Waals surface area contributed by atoms with Crippen molar-refractivity contribution in [1.29, 1.82) is 0 Å². The normalized spacial score (nSPS) is 14.3. The predicted molar refractivity (Wildman–Crippen MR) is 88.4 cm³/mol. The Bertz CT molecular complexity index is 697. The molecule has 0 radical (unpaired) electrons. The third kappa shape index (κ3) is 7.82. The molecule has 1 saturated heterocycles. The molecule has 3 rings (SSSR count). The van der Waals surface area contributed by atoms with Crippen LogP contribution in [0.25, 0.3) is 0 Å². The standard InChI is InChI=1S/C10H15NO.C4H3FN2O2.C2H4O/c1-8(11-2)10(12)9-6-4-3-5-7-9;5-2-1-6-4(9)7-3(2)8;1-2-3-1/h3-8,10-12H,1-2H3;1H,(H2,6,7,8,9);1-2H2/t8-,10-;;/m0../s1. The molecule has 1 aromatic heterocycles. The Morgan fingerprint density at radius 2 is 1.83 bits per heavy atom. The molecule has 4 N–H and O–H groups in total. The summed E-state index contributed by atoms with van der Waals surface area (Å²) in [5.41, 5.74) is -0.750. The predicted octanol–water partition coefficient (Wildman–Crippen LogP) is 0.547. The Balaban J connectivity index is 0.000000209. The van der Waals surface area contributed by atoms with Crippen molar-refractivity contribution in [3.8, 4) is 0 Å². The van der Waals surface area contributed by atoms with Crippen LogP contribution < -0.4 is 16.6 Å². The monoisotopic (exact) mass is 339 g/mol. The summed E-state index contributed by atoms with van der Waals surface area (Å²) in [7, 11) is 1.84. The summed E-state index contributed by atoms with van der Waals surface area (Å²) in [5.74, 6) is -0.991. The lowest BCUT2D eigenvalue weighted by atomic mass is 10.0. The molecule has 132 valence electrons. The van der Waals surface area contributed by atoms with Crippen LogP contribution in [0, 0.1) is 5.82 Å². The number of H-pyrrole nitrogens is 2. The molecule has 0 aliphatic carbocycles. The molecule has 1 fully saturated rings. The van der Waals surface area contributed by atoms with Crippen LogP contribution in [0.4, 0.5) is 4.39 Å². The smallest absolute Gasteiger partial charge is 0.325 e. The highest BCUT2D eigenvalue weighted by atomic mass is 19.1. The number of aliphatic hydroxyl groups excluding tert-OH is 1. The van der Waals surface area contributed by atoms with Crippen molar-refractivity contribution in [1.82, 2.24) is 15.3 Å². The zero-order valence-electron chi connectivity index (χ0n) is 13.6.